The van der Waals surface area contributed by atoms with Crippen LogP contribution in [0.3, 0.4) is 0 Å². The molecule has 34 heavy (non-hydrogen) atoms. The highest BCUT2D eigenvalue weighted by atomic mass is 16.5. The summed E-state index contributed by atoms with van der Waals surface area (Å²) in [4.78, 5) is 51.3. The van der Waals surface area contributed by atoms with Gasteiger partial charge in [-0.3, -0.25) is 19.3 Å². The molecule has 0 saturated carbocycles. The SMILES string of the molecule is CC[C@@H](CC(=O)N1CC(=O)CCC(Cc2ccccc2OC)C1=O)c1ccc(C(=O)O)c(N)c1. The van der Waals surface area contributed by atoms with Crippen LogP contribution >= 0.6 is 0 Å². The summed E-state index contributed by atoms with van der Waals surface area (Å²) in [5.74, 6) is -2.14. The summed E-state index contributed by atoms with van der Waals surface area (Å²) in [5.41, 5.74) is 7.57. The zero-order valence-electron chi connectivity index (χ0n) is 19.5. The molecule has 1 saturated heterocycles. The second kappa shape index (κ2) is 11.0. The van der Waals surface area contributed by atoms with E-state index < -0.39 is 17.8 Å². The quantitative estimate of drug-likeness (QED) is 0.571. The van der Waals surface area contributed by atoms with Crippen molar-refractivity contribution in [3.8, 4) is 5.75 Å². The molecule has 1 aliphatic heterocycles. The van der Waals surface area contributed by atoms with Crippen molar-refractivity contribution in [3.63, 3.8) is 0 Å². The van der Waals surface area contributed by atoms with Crippen LogP contribution < -0.4 is 10.5 Å². The van der Waals surface area contributed by atoms with Gasteiger partial charge in [-0.1, -0.05) is 31.2 Å². The number of para-hydroxylation sites is 1. The van der Waals surface area contributed by atoms with Gasteiger partial charge in [-0.05, 0) is 54.5 Å². The van der Waals surface area contributed by atoms with Crippen molar-refractivity contribution in [2.75, 3.05) is 19.4 Å². The minimum absolute atomic E-state index is 0.00240. The number of ether oxygens (including phenoxy) is 1. The molecule has 2 atom stereocenters. The Labute approximate surface area is 198 Å². The number of benzene rings is 2. The summed E-state index contributed by atoms with van der Waals surface area (Å²) in [6.07, 6.45) is 1.59. The fraction of sp³-hybridized carbons (Fsp3) is 0.385. The Morgan fingerprint density at radius 3 is 2.59 bits per heavy atom. The second-order valence-corrected chi connectivity index (χ2v) is 8.57. The third kappa shape index (κ3) is 5.62. The summed E-state index contributed by atoms with van der Waals surface area (Å²) in [6, 6.07) is 12.0. The Morgan fingerprint density at radius 2 is 1.94 bits per heavy atom. The van der Waals surface area contributed by atoms with Crippen molar-refractivity contribution in [1.29, 1.82) is 0 Å². The summed E-state index contributed by atoms with van der Waals surface area (Å²) in [5, 5.41) is 9.19. The Bertz CT molecular complexity index is 1100. The highest BCUT2D eigenvalue weighted by Gasteiger charge is 2.35. The van der Waals surface area contributed by atoms with Gasteiger partial charge in [0.2, 0.25) is 11.8 Å². The van der Waals surface area contributed by atoms with Gasteiger partial charge in [0.15, 0.2) is 5.78 Å². The number of nitrogens with two attached hydrogens (primary N) is 1. The average Bonchev–Trinajstić information content (AvgIpc) is 2.96. The van der Waals surface area contributed by atoms with E-state index in [0.29, 0.717) is 25.0 Å². The fourth-order valence-electron chi connectivity index (χ4n) is 4.40. The van der Waals surface area contributed by atoms with Gasteiger partial charge in [-0.25, -0.2) is 4.79 Å². The number of anilines is 1. The highest BCUT2D eigenvalue weighted by molar-refractivity contribution is 6.02. The molecule has 1 unspecified atom stereocenters. The van der Waals surface area contributed by atoms with Crippen LogP contribution in [-0.4, -0.2) is 47.2 Å². The topological polar surface area (TPSA) is 127 Å². The number of likely N-dealkylation sites (tertiary alicyclic amines) is 1. The number of carboxylic acids is 1. The van der Waals surface area contributed by atoms with Gasteiger partial charge in [-0.15, -0.1) is 0 Å². The number of rotatable bonds is 8. The number of carbonyl (C=O) groups is 4. The number of imide groups is 1. The number of carbonyl (C=O) groups excluding carboxylic acids is 3. The van der Waals surface area contributed by atoms with Crippen LogP contribution in [0.1, 0.15) is 60.0 Å². The van der Waals surface area contributed by atoms with E-state index in [-0.39, 0.29) is 48.2 Å². The Hall–Kier alpha value is -3.68. The zero-order valence-corrected chi connectivity index (χ0v) is 19.5. The number of amides is 2. The molecule has 3 N–H and O–H groups in total. The van der Waals surface area contributed by atoms with E-state index >= 15 is 0 Å². The third-order valence-corrected chi connectivity index (χ3v) is 6.37. The van der Waals surface area contributed by atoms with Gasteiger partial charge in [0.1, 0.15) is 5.75 Å². The van der Waals surface area contributed by atoms with Gasteiger partial charge in [0, 0.05) is 24.4 Å². The predicted molar refractivity (Wildman–Crippen MR) is 127 cm³/mol. The Balaban J connectivity index is 1.79. The van der Waals surface area contributed by atoms with E-state index in [1.54, 1.807) is 19.2 Å². The minimum atomic E-state index is -1.12. The normalized spacial score (nSPS) is 17.2. The number of nitrogens with zero attached hydrogens (tertiary/aromatic N) is 1. The Morgan fingerprint density at radius 1 is 1.21 bits per heavy atom. The first kappa shape index (κ1) is 25.0. The average molecular weight is 467 g/mol. The number of hydrogen-bond acceptors (Lipinski definition) is 6. The molecule has 1 aliphatic rings. The molecular formula is C26H30N2O6. The molecule has 1 fully saturated rings. The highest BCUT2D eigenvalue weighted by Crippen LogP contribution is 2.30. The van der Waals surface area contributed by atoms with Gasteiger partial charge >= 0.3 is 5.97 Å². The van der Waals surface area contributed by atoms with Crippen molar-refractivity contribution in [2.24, 2.45) is 5.92 Å². The predicted octanol–water partition coefficient (Wildman–Crippen LogP) is 3.44. The van der Waals surface area contributed by atoms with Gasteiger partial charge in [0.05, 0.1) is 19.2 Å². The van der Waals surface area contributed by atoms with Crippen molar-refractivity contribution >= 4 is 29.3 Å². The lowest BCUT2D eigenvalue weighted by Crippen LogP contribution is -2.42. The van der Waals surface area contributed by atoms with Crippen molar-refractivity contribution in [1.82, 2.24) is 4.90 Å². The van der Waals surface area contributed by atoms with Gasteiger partial charge in [-0.2, -0.15) is 0 Å². The maximum atomic E-state index is 13.3. The molecule has 2 aromatic rings. The number of ketones is 1. The monoisotopic (exact) mass is 466 g/mol. The third-order valence-electron chi connectivity index (χ3n) is 6.37. The second-order valence-electron chi connectivity index (χ2n) is 8.57. The molecular weight excluding hydrogens is 436 g/mol. The van der Waals surface area contributed by atoms with E-state index in [4.69, 9.17) is 10.5 Å². The number of Topliss-reactive ketones (excluding diaryl/α,β-unsaturated/α-hetero) is 1. The molecule has 0 bridgehead atoms. The number of nitrogen functional groups attached to an aromatic ring is 1. The lowest BCUT2D eigenvalue weighted by atomic mass is 9.90. The first-order valence-electron chi connectivity index (χ1n) is 11.4. The first-order valence-corrected chi connectivity index (χ1v) is 11.4. The number of aromatic carboxylic acids is 1. The van der Waals surface area contributed by atoms with Crippen LogP contribution in [0.15, 0.2) is 42.5 Å². The van der Waals surface area contributed by atoms with Crippen molar-refractivity contribution in [2.45, 2.75) is 44.9 Å². The Kier molecular flexibility index (Phi) is 8.04. The molecule has 0 aliphatic carbocycles. The standard InChI is InChI=1S/C26H30N2O6/c1-3-16(17-9-11-21(26(32)33)22(27)13-17)14-24(30)28-15-20(29)10-8-19(25(28)31)12-18-6-4-5-7-23(18)34-2/h4-7,9,11,13,16,19H,3,8,10,12,14-15,27H2,1-2H3,(H,32,33)/t16-,19?/m0/s1. The van der Waals surface area contributed by atoms with Crippen LogP contribution in [-0.2, 0) is 20.8 Å². The largest absolute Gasteiger partial charge is 0.496 e. The van der Waals surface area contributed by atoms with Crippen molar-refractivity contribution in [3.05, 3.63) is 59.2 Å². The molecule has 8 nitrogen and oxygen atoms in total. The number of hydrogen-bond donors (Lipinski definition) is 2. The molecule has 8 heteroatoms. The van der Waals surface area contributed by atoms with E-state index in [0.717, 1.165) is 16.0 Å². The molecule has 1 heterocycles. The van der Waals surface area contributed by atoms with E-state index in [9.17, 15) is 24.3 Å². The van der Waals surface area contributed by atoms with Gasteiger partial charge in [0.25, 0.3) is 0 Å². The number of methoxy groups -OCH3 is 1. The summed E-state index contributed by atoms with van der Waals surface area (Å²) in [6.45, 7) is 1.68. The molecule has 0 spiro atoms. The van der Waals surface area contributed by atoms with E-state index in [1.807, 2.05) is 31.2 Å². The summed E-state index contributed by atoms with van der Waals surface area (Å²) < 4.78 is 5.39. The lowest BCUT2D eigenvalue weighted by molar-refractivity contribution is -0.148. The van der Waals surface area contributed by atoms with Crippen LogP contribution in [0.5, 0.6) is 5.75 Å². The van der Waals surface area contributed by atoms with Crippen LogP contribution in [0, 0.1) is 5.92 Å². The molecule has 2 aromatic carbocycles. The fourth-order valence-corrected chi connectivity index (χ4v) is 4.40. The molecule has 2 amide bonds. The first-order chi connectivity index (χ1) is 16.2. The van der Waals surface area contributed by atoms with Crippen LogP contribution in [0.4, 0.5) is 5.69 Å². The van der Waals surface area contributed by atoms with E-state index in [1.165, 1.54) is 6.07 Å². The zero-order chi connectivity index (χ0) is 24.8. The molecule has 3 rings (SSSR count). The van der Waals surface area contributed by atoms with Crippen molar-refractivity contribution < 1.29 is 29.0 Å². The molecule has 0 radical (unpaired) electrons. The summed E-state index contributed by atoms with van der Waals surface area (Å²) >= 11 is 0. The maximum absolute atomic E-state index is 13.3. The van der Waals surface area contributed by atoms with Crippen LogP contribution in [0.2, 0.25) is 0 Å². The van der Waals surface area contributed by atoms with Crippen LogP contribution in [0.25, 0.3) is 0 Å². The molecule has 180 valence electrons. The minimum Gasteiger partial charge on any atom is -0.496 e. The number of carboxylic acid groups (broad SMARTS) is 1. The van der Waals surface area contributed by atoms with Gasteiger partial charge < -0.3 is 15.6 Å². The summed E-state index contributed by atoms with van der Waals surface area (Å²) in [7, 11) is 1.56. The smallest absolute Gasteiger partial charge is 0.337 e. The lowest BCUT2D eigenvalue weighted by Gasteiger charge is -2.25. The molecule has 0 aromatic heterocycles. The maximum Gasteiger partial charge on any atom is 0.337 e. The van der Waals surface area contributed by atoms with E-state index in [2.05, 4.69) is 0 Å².